The van der Waals surface area contributed by atoms with E-state index in [0.717, 1.165) is 5.57 Å². The molecule has 0 aliphatic heterocycles. The molecule has 0 aliphatic carbocycles. The Bertz CT molecular complexity index is 231. The first-order valence-electron chi connectivity index (χ1n) is 4.08. The summed E-state index contributed by atoms with van der Waals surface area (Å²) < 4.78 is 14.1. The fourth-order valence-electron chi connectivity index (χ4n) is 0.777. The first-order chi connectivity index (χ1) is 7.10. The number of allylic oxidation sites excluding steroid dienone is 2. The SMILES string of the molecule is CC(C)=C[CH2][Sn]([O]C=O)([O]C=O)[O]C=O. The van der Waals surface area contributed by atoms with Gasteiger partial charge in [-0.05, 0) is 0 Å². The summed E-state index contributed by atoms with van der Waals surface area (Å²) in [5, 5.41) is 0. The summed E-state index contributed by atoms with van der Waals surface area (Å²) in [7, 11) is 0. The van der Waals surface area contributed by atoms with E-state index in [1.807, 2.05) is 13.8 Å². The number of carbonyl (C=O) groups is 3. The van der Waals surface area contributed by atoms with E-state index >= 15 is 0 Å². The van der Waals surface area contributed by atoms with Crippen LogP contribution < -0.4 is 0 Å². The van der Waals surface area contributed by atoms with Crippen LogP contribution in [0.1, 0.15) is 13.8 Å². The maximum absolute atomic E-state index is 10.2. The average molecular weight is 323 g/mol. The third-order valence-electron chi connectivity index (χ3n) is 1.44. The zero-order valence-electron chi connectivity index (χ0n) is 8.47. The summed E-state index contributed by atoms with van der Waals surface area (Å²) in [4.78, 5) is 30.7. The van der Waals surface area contributed by atoms with E-state index in [0.29, 0.717) is 0 Å². The van der Waals surface area contributed by atoms with Gasteiger partial charge in [0.1, 0.15) is 0 Å². The summed E-state index contributed by atoms with van der Waals surface area (Å²) in [6.45, 7) is 4.02. The van der Waals surface area contributed by atoms with E-state index < -0.39 is 19.6 Å². The molecule has 0 radical (unpaired) electrons. The molecule has 0 atom stereocenters. The van der Waals surface area contributed by atoms with Crippen LogP contribution in [0.25, 0.3) is 0 Å². The molecule has 0 aromatic carbocycles. The Labute approximate surface area is 92.7 Å². The van der Waals surface area contributed by atoms with Crippen LogP contribution in [0.15, 0.2) is 11.6 Å². The first-order valence-corrected chi connectivity index (χ1v) is 9.59. The fourth-order valence-corrected chi connectivity index (χ4v) is 5.21. The molecule has 7 heteroatoms. The van der Waals surface area contributed by atoms with Gasteiger partial charge in [0.25, 0.3) is 0 Å². The van der Waals surface area contributed by atoms with Gasteiger partial charge in [-0.1, -0.05) is 0 Å². The molecule has 0 heterocycles. The van der Waals surface area contributed by atoms with E-state index in [4.69, 9.17) is 0 Å². The van der Waals surface area contributed by atoms with Gasteiger partial charge in [0.2, 0.25) is 0 Å². The third kappa shape index (κ3) is 5.40. The molecule has 0 spiro atoms. The molecule has 0 fully saturated rings. The third-order valence-corrected chi connectivity index (χ3v) is 7.35. The van der Waals surface area contributed by atoms with Crippen molar-refractivity contribution in [2.24, 2.45) is 0 Å². The van der Waals surface area contributed by atoms with Crippen molar-refractivity contribution in [2.45, 2.75) is 18.3 Å². The van der Waals surface area contributed by atoms with Crippen LogP contribution in [-0.2, 0) is 23.6 Å². The van der Waals surface area contributed by atoms with Crippen molar-refractivity contribution >= 4 is 39.0 Å². The van der Waals surface area contributed by atoms with E-state index in [1.165, 1.54) is 0 Å². The monoisotopic (exact) mass is 324 g/mol. The molecular weight excluding hydrogens is 311 g/mol. The molecule has 0 aromatic heterocycles. The molecule has 6 nitrogen and oxygen atoms in total. The molecule has 0 unspecified atom stereocenters. The molecule has 0 amide bonds. The summed E-state index contributed by atoms with van der Waals surface area (Å²) in [6, 6.07) is 0. The van der Waals surface area contributed by atoms with Gasteiger partial charge in [-0.25, -0.2) is 0 Å². The topological polar surface area (TPSA) is 78.9 Å². The molecule has 0 bridgehead atoms. The Hall–Kier alpha value is -1.05. The van der Waals surface area contributed by atoms with Crippen molar-refractivity contribution in [1.82, 2.24) is 0 Å². The van der Waals surface area contributed by atoms with Gasteiger partial charge in [0, 0.05) is 0 Å². The van der Waals surface area contributed by atoms with E-state index in [-0.39, 0.29) is 23.9 Å². The van der Waals surface area contributed by atoms with Crippen molar-refractivity contribution < 1.29 is 23.6 Å². The van der Waals surface area contributed by atoms with Crippen LogP contribution in [0.2, 0.25) is 4.44 Å². The van der Waals surface area contributed by atoms with Crippen molar-refractivity contribution in [3.8, 4) is 0 Å². The Morgan fingerprint density at radius 3 is 1.67 bits per heavy atom. The van der Waals surface area contributed by atoms with Gasteiger partial charge in [0.05, 0.1) is 0 Å². The molecule has 0 saturated carbocycles. The molecule has 0 saturated heterocycles. The van der Waals surface area contributed by atoms with Crippen molar-refractivity contribution in [2.75, 3.05) is 0 Å². The van der Waals surface area contributed by atoms with Crippen LogP contribution in [0.5, 0.6) is 0 Å². The average Bonchev–Trinajstić information content (AvgIpc) is 2.16. The zero-order valence-corrected chi connectivity index (χ0v) is 11.3. The van der Waals surface area contributed by atoms with Gasteiger partial charge < -0.3 is 0 Å². The van der Waals surface area contributed by atoms with Crippen LogP contribution >= 0.6 is 0 Å². The second-order valence-corrected chi connectivity index (χ2v) is 9.89. The Kier molecular flexibility index (Phi) is 6.76. The minimum absolute atomic E-state index is 0.127. The van der Waals surface area contributed by atoms with E-state index in [9.17, 15) is 14.4 Å². The second kappa shape index (κ2) is 7.27. The first kappa shape index (κ1) is 13.9. The van der Waals surface area contributed by atoms with Gasteiger partial charge in [0.15, 0.2) is 0 Å². The van der Waals surface area contributed by atoms with Crippen LogP contribution in [0, 0.1) is 0 Å². The Balaban J connectivity index is 4.73. The standard InChI is InChI=1S/C5H9.3CH2O2.Sn/c1-4-5(2)3;3*2-1-3;/h4H,1H2,2-3H3;3*1H,(H,2,3);/q;;;;+3/p-3. The molecule has 0 rings (SSSR count). The normalized spacial score (nSPS) is 9.73. The predicted octanol–water partition coefficient (Wildman–Crippen LogP) is 0.410. The second-order valence-electron chi connectivity index (χ2n) is 2.81. The van der Waals surface area contributed by atoms with E-state index in [1.54, 1.807) is 6.08 Å². The van der Waals surface area contributed by atoms with Gasteiger partial charge in [-0.2, -0.15) is 0 Å². The van der Waals surface area contributed by atoms with Crippen molar-refractivity contribution in [3.63, 3.8) is 0 Å². The van der Waals surface area contributed by atoms with Crippen molar-refractivity contribution in [1.29, 1.82) is 0 Å². The molecule has 15 heavy (non-hydrogen) atoms. The maximum atomic E-state index is 10.2. The summed E-state index contributed by atoms with van der Waals surface area (Å²) in [5.74, 6) is 0. The molecule has 0 aliphatic rings. The van der Waals surface area contributed by atoms with Gasteiger partial charge in [-0.3, -0.25) is 0 Å². The molecule has 0 aromatic rings. The van der Waals surface area contributed by atoms with E-state index in [2.05, 4.69) is 9.22 Å². The quantitative estimate of drug-likeness (QED) is 0.366. The van der Waals surface area contributed by atoms with Gasteiger partial charge >= 0.3 is 92.6 Å². The summed E-state index contributed by atoms with van der Waals surface area (Å²) in [6.07, 6.45) is 1.69. The predicted molar refractivity (Wildman–Crippen MR) is 51.4 cm³/mol. The van der Waals surface area contributed by atoms with Crippen LogP contribution in [-0.4, -0.2) is 39.0 Å². The Morgan fingerprint density at radius 2 is 1.40 bits per heavy atom. The number of hydrogen-bond acceptors (Lipinski definition) is 6. The molecule has 0 N–H and O–H groups in total. The number of carbonyl (C=O) groups excluding carboxylic acids is 3. The zero-order chi connectivity index (χ0) is 11.7. The fraction of sp³-hybridized carbons (Fsp3) is 0.375. The van der Waals surface area contributed by atoms with Gasteiger partial charge in [-0.15, -0.1) is 0 Å². The number of rotatable bonds is 8. The van der Waals surface area contributed by atoms with Crippen molar-refractivity contribution in [3.05, 3.63) is 11.6 Å². The Morgan fingerprint density at radius 1 is 1.00 bits per heavy atom. The summed E-state index contributed by atoms with van der Waals surface area (Å²) >= 11 is -4.33. The van der Waals surface area contributed by atoms with Crippen LogP contribution in [0.4, 0.5) is 0 Å². The molecular formula is C8H12O6Sn. The molecule has 84 valence electrons. The number of hydrogen-bond donors (Lipinski definition) is 0. The summed E-state index contributed by atoms with van der Waals surface area (Å²) in [5.41, 5.74) is 0.939. The van der Waals surface area contributed by atoms with Crippen LogP contribution in [0.3, 0.4) is 0 Å². The minimum atomic E-state index is -4.33.